The first kappa shape index (κ1) is 8.16. The minimum absolute atomic E-state index is 0.346. The van der Waals surface area contributed by atoms with Crippen molar-refractivity contribution in [3.8, 4) is 5.75 Å². The summed E-state index contributed by atoms with van der Waals surface area (Å²) in [7, 11) is 1.84. The first-order valence-electron chi connectivity index (χ1n) is 4.40. The number of nitrogen functional groups attached to an aromatic ring is 1. The average molecular weight is 179 g/mol. The van der Waals surface area contributed by atoms with Gasteiger partial charge in [-0.25, -0.2) is 4.98 Å². The fourth-order valence-electron chi connectivity index (χ4n) is 1.14. The van der Waals surface area contributed by atoms with Gasteiger partial charge in [0, 0.05) is 13.2 Å². The molecule has 0 spiro atoms. The monoisotopic (exact) mass is 179 g/mol. The van der Waals surface area contributed by atoms with Gasteiger partial charge in [0.05, 0.1) is 11.8 Å². The fraction of sp³-hybridized carbons (Fsp3) is 0.444. The largest absolute Gasteiger partial charge is 0.484 e. The Morgan fingerprint density at radius 3 is 3.00 bits per heavy atom. The molecule has 2 rings (SSSR count). The van der Waals surface area contributed by atoms with E-state index < -0.39 is 0 Å². The van der Waals surface area contributed by atoms with Crippen LogP contribution in [0.3, 0.4) is 0 Å². The molecule has 13 heavy (non-hydrogen) atoms. The number of nitrogens with zero attached hydrogens (tertiary/aromatic N) is 1. The summed E-state index contributed by atoms with van der Waals surface area (Å²) in [4.78, 5) is 3.98. The van der Waals surface area contributed by atoms with Gasteiger partial charge >= 0.3 is 0 Å². The number of pyridine rings is 1. The normalized spacial score (nSPS) is 15.5. The zero-order valence-electron chi connectivity index (χ0n) is 7.58. The molecule has 1 aliphatic carbocycles. The Bertz CT molecular complexity index is 310. The van der Waals surface area contributed by atoms with Gasteiger partial charge in [0.2, 0.25) is 0 Å². The Labute approximate surface area is 77.1 Å². The highest BCUT2D eigenvalue weighted by Crippen LogP contribution is 2.34. The van der Waals surface area contributed by atoms with Crippen molar-refractivity contribution in [3.05, 3.63) is 12.3 Å². The number of hydrogen-bond donors (Lipinski definition) is 2. The van der Waals surface area contributed by atoms with Gasteiger partial charge in [0.15, 0.2) is 11.6 Å². The smallest absolute Gasteiger partial charge is 0.184 e. The van der Waals surface area contributed by atoms with Crippen LogP contribution in [0.25, 0.3) is 0 Å². The number of nitrogens with two attached hydrogens (primary N) is 1. The molecular formula is C9H13N3O. The molecule has 0 unspecified atom stereocenters. The second kappa shape index (κ2) is 3.12. The summed E-state index contributed by atoms with van der Waals surface area (Å²) < 4.78 is 5.63. The quantitative estimate of drug-likeness (QED) is 0.733. The van der Waals surface area contributed by atoms with E-state index in [1.54, 1.807) is 6.20 Å². The van der Waals surface area contributed by atoms with E-state index in [0.717, 1.165) is 18.5 Å². The molecule has 1 saturated carbocycles. The lowest BCUT2D eigenvalue weighted by molar-refractivity contribution is 0.305. The predicted molar refractivity (Wildman–Crippen MR) is 51.8 cm³/mol. The summed E-state index contributed by atoms with van der Waals surface area (Å²) in [6.07, 6.45) is 4.26. The molecule has 1 fully saturated rings. The van der Waals surface area contributed by atoms with Gasteiger partial charge in [-0.2, -0.15) is 0 Å². The SMILES string of the molecule is CNc1ccnc(N)c1OC1CC1. The van der Waals surface area contributed by atoms with Gasteiger partial charge in [-0.3, -0.25) is 0 Å². The molecule has 0 atom stereocenters. The van der Waals surface area contributed by atoms with Crippen molar-refractivity contribution in [1.82, 2.24) is 4.98 Å². The molecule has 0 amide bonds. The molecule has 1 aromatic heterocycles. The van der Waals surface area contributed by atoms with Gasteiger partial charge in [-0.1, -0.05) is 0 Å². The standard InChI is InChI=1S/C9H13N3O/c1-11-7-4-5-12-9(10)8(7)13-6-2-3-6/h4-6H,2-3H2,1H3,(H3,10,11,12). The summed E-state index contributed by atoms with van der Waals surface area (Å²) >= 11 is 0. The van der Waals surface area contributed by atoms with E-state index in [0.29, 0.717) is 17.7 Å². The van der Waals surface area contributed by atoms with Crippen LogP contribution in [0.4, 0.5) is 11.5 Å². The second-order valence-corrected chi connectivity index (χ2v) is 3.14. The Morgan fingerprint density at radius 2 is 2.38 bits per heavy atom. The number of nitrogens with one attached hydrogen (secondary N) is 1. The highest BCUT2D eigenvalue weighted by Gasteiger charge is 2.25. The second-order valence-electron chi connectivity index (χ2n) is 3.14. The maximum atomic E-state index is 5.70. The highest BCUT2D eigenvalue weighted by molar-refractivity contribution is 5.65. The third-order valence-electron chi connectivity index (χ3n) is 2.01. The van der Waals surface area contributed by atoms with Crippen LogP contribution in [-0.2, 0) is 0 Å². The average Bonchev–Trinajstić information content (AvgIpc) is 2.92. The van der Waals surface area contributed by atoms with Crippen molar-refractivity contribution >= 4 is 11.5 Å². The molecule has 70 valence electrons. The van der Waals surface area contributed by atoms with Crippen LogP contribution >= 0.6 is 0 Å². The Balaban J connectivity index is 2.27. The summed E-state index contributed by atoms with van der Waals surface area (Å²) in [6.45, 7) is 0. The third-order valence-corrected chi connectivity index (χ3v) is 2.01. The maximum absolute atomic E-state index is 5.70. The first-order valence-corrected chi connectivity index (χ1v) is 4.40. The van der Waals surface area contributed by atoms with Crippen molar-refractivity contribution in [1.29, 1.82) is 0 Å². The molecule has 1 aliphatic rings. The minimum atomic E-state index is 0.346. The lowest BCUT2D eigenvalue weighted by Crippen LogP contribution is -2.04. The van der Waals surface area contributed by atoms with E-state index >= 15 is 0 Å². The van der Waals surface area contributed by atoms with Crippen molar-refractivity contribution < 1.29 is 4.74 Å². The van der Waals surface area contributed by atoms with Crippen LogP contribution < -0.4 is 15.8 Å². The van der Waals surface area contributed by atoms with Crippen LogP contribution in [0.5, 0.6) is 5.75 Å². The topological polar surface area (TPSA) is 60.2 Å². The van der Waals surface area contributed by atoms with E-state index in [1.807, 2.05) is 13.1 Å². The van der Waals surface area contributed by atoms with Gasteiger partial charge in [-0.05, 0) is 18.9 Å². The number of aromatic nitrogens is 1. The lowest BCUT2D eigenvalue weighted by atomic mass is 10.3. The van der Waals surface area contributed by atoms with Crippen molar-refractivity contribution in [2.75, 3.05) is 18.1 Å². The number of rotatable bonds is 3. The van der Waals surface area contributed by atoms with Gasteiger partial charge in [0.1, 0.15) is 0 Å². The summed E-state index contributed by atoms with van der Waals surface area (Å²) in [5, 5.41) is 3.02. The zero-order chi connectivity index (χ0) is 9.26. The fourth-order valence-corrected chi connectivity index (χ4v) is 1.14. The van der Waals surface area contributed by atoms with E-state index in [2.05, 4.69) is 10.3 Å². The molecule has 0 radical (unpaired) electrons. The molecule has 0 aromatic carbocycles. The van der Waals surface area contributed by atoms with Crippen LogP contribution in [0, 0.1) is 0 Å². The van der Waals surface area contributed by atoms with E-state index in [1.165, 1.54) is 0 Å². The number of ether oxygens (including phenoxy) is 1. The summed E-state index contributed by atoms with van der Waals surface area (Å²) in [6, 6.07) is 1.86. The molecular weight excluding hydrogens is 166 g/mol. The van der Waals surface area contributed by atoms with E-state index in [-0.39, 0.29) is 0 Å². The van der Waals surface area contributed by atoms with Crippen molar-refractivity contribution in [2.24, 2.45) is 0 Å². The molecule has 1 aromatic rings. The predicted octanol–water partition coefficient (Wildman–Crippen LogP) is 1.25. The first-order chi connectivity index (χ1) is 6.31. The minimum Gasteiger partial charge on any atom is -0.484 e. The van der Waals surface area contributed by atoms with Gasteiger partial charge < -0.3 is 15.8 Å². The molecule has 0 aliphatic heterocycles. The Morgan fingerprint density at radius 1 is 1.62 bits per heavy atom. The molecule has 0 saturated heterocycles. The Hall–Kier alpha value is -1.45. The van der Waals surface area contributed by atoms with E-state index in [4.69, 9.17) is 10.5 Å². The van der Waals surface area contributed by atoms with Crippen molar-refractivity contribution in [3.63, 3.8) is 0 Å². The van der Waals surface area contributed by atoms with Crippen LogP contribution in [0.2, 0.25) is 0 Å². The third kappa shape index (κ3) is 1.66. The molecule has 3 N–H and O–H groups in total. The van der Waals surface area contributed by atoms with Gasteiger partial charge in [-0.15, -0.1) is 0 Å². The molecule has 4 heteroatoms. The van der Waals surface area contributed by atoms with Gasteiger partial charge in [0.25, 0.3) is 0 Å². The van der Waals surface area contributed by atoms with Crippen LogP contribution in [0.1, 0.15) is 12.8 Å². The van der Waals surface area contributed by atoms with Crippen molar-refractivity contribution in [2.45, 2.75) is 18.9 Å². The summed E-state index contributed by atoms with van der Waals surface area (Å²) in [5.41, 5.74) is 6.60. The maximum Gasteiger partial charge on any atom is 0.184 e. The van der Waals surface area contributed by atoms with Crippen LogP contribution in [-0.4, -0.2) is 18.1 Å². The Kier molecular flexibility index (Phi) is 1.96. The summed E-state index contributed by atoms with van der Waals surface area (Å²) in [5.74, 6) is 1.14. The van der Waals surface area contributed by atoms with E-state index in [9.17, 15) is 0 Å². The zero-order valence-corrected chi connectivity index (χ0v) is 7.58. The molecule has 1 heterocycles. The highest BCUT2D eigenvalue weighted by atomic mass is 16.5. The van der Waals surface area contributed by atoms with Crippen LogP contribution in [0.15, 0.2) is 12.3 Å². The number of anilines is 2. The molecule has 0 bridgehead atoms. The number of hydrogen-bond acceptors (Lipinski definition) is 4. The molecule has 4 nitrogen and oxygen atoms in total. The lowest BCUT2D eigenvalue weighted by Gasteiger charge is -2.11.